The number of amides is 1. The van der Waals surface area contributed by atoms with Crippen LogP contribution in [0, 0.1) is 23.2 Å². The largest absolute Gasteiger partial charge is 0.465 e. The summed E-state index contributed by atoms with van der Waals surface area (Å²) in [4.78, 5) is 41.4. The minimum absolute atomic E-state index is 0.0216. The van der Waals surface area contributed by atoms with Gasteiger partial charge in [0.25, 0.3) is 0 Å². The molecule has 13 nitrogen and oxygen atoms in total. The second-order valence-electron chi connectivity index (χ2n) is 15.3. The van der Waals surface area contributed by atoms with E-state index < -0.39 is 59.5 Å². The number of carboxylic acid groups (broad SMARTS) is 1. The van der Waals surface area contributed by atoms with Gasteiger partial charge in [-0.15, -0.1) is 0 Å². The van der Waals surface area contributed by atoms with Gasteiger partial charge in [-0.25, -0.2) is 4.79 Å². The summed E-state index contributed by atoms with van der Waals surface area (Å²) in [6, 6.07) is -0.643. The molecule has 0 aromatic rings. The second-order valence-corrected chi connectivity index (χ2v) is 15.3. The fourth-order valence-corrected chi connectivity index (χ4v) is 7.67. The Bertz CT molecular complexity index is 1190. The van der Waals surface area contributed by atoms with E-state index in [0.717, 1.165) is 0 Å². The molecule has 12 atom stereocenters. The summed E-state index contributed by atoms with van der Waals surface area (Å²) in [5, 5.41) is 52.1. The van der Waals surface area contributed by atoms with Crippen molar-refractivity contribution in [2.24, 2.45) is 23.2 Å². The molecule has 286 valence electrons. The molecule has 2 saturated heterocycles. The summed E-state index contributed by atoms with van der Waals surface area (Å²) in [5.41, 5.74) is -2.14. The summed E-state index contributed by atoms with van der Waals surface area (Å²) in [5.74, 6) is -1.68. The third-order valence-corrected chi connectivity index (χ3v) is 10.9. The Balaban J connectivity index is 1.85. The van der Waals surface area contributed by atoms with Gasteiger partial charge in [0.15, 0.2) is 0 Å². The number of piperazine rings is 1. The number of β-amino-alcohol motifs (C(OH)–C–C–N with tert-alkyl or cyclic N) is 1. The van der Waals surface area contributed by atoms with E-state index in [2.05, 4.69) is 0 Å². The van der Waals surface area contributed by atoms with Gasteiger partial charge < -0.3 is 44.6 Å². The van der Waals surface area contributed by atoms with Crippen LogP contribution in [0.3, 0.4) is 0 Å². The number of nitrogens with zero attached hydrogens (tertiary/aromatic N) is 2. The monoisotopic (exact) mass is 710 g/mol. The molecular formula is C37H62N2O11. The molecule has 0 aromatic heterocycles. The molecule has 6 unspecified atom stereocenters. The van der Waals surface area contributed by atoms with Gasteiger partial charge in [0, 0.05) is 56.8 Å². The molecule has 13 heteroatoms. The van der Waals surface area contributed by atoms with E-state index in [0.29, 0.717) is 38.9 Å². The smallest absolute Gasteiger partial charge is 0.407 e. The Hall–Kier alpha value is -2.55. The average molecular weight is 711 g/mol. The number of aliphatic hydroxyl groups excluding tert-OH is 3. The van der Waals surface area contributed by atoms with E-state index >= 15 is 0 Å². The maximum atomic E-state index is 13.1. The highest BCUT2D eigenvalue weighted by Crippen LogP contribution is 2.41. The maximum Gasteiger partial charge on any atom is 0.407 e. The van der Waals surface area contributed by atoms with Crippen molar-refractivity contribution in [2.45, 2.75) is 135 Å². The molecule has 50 heavy (non-hydrogen) atoms. The number of carbonyl (C=O) groups is 3. The maximum absolute atomic E-state index is 13.1. The van der Waals surface area contributed by atoms with Crippen molar-refractivity contribution in [3.05, 3.63) is 24.3 Å². The quantitative estimate of drug-likeness (QED) is 0.107. The van der Waals surface area contributed by atoms with Crippen LogP contribution in [0.1, 0.15) is 87.0 Å². The lowest BCUT2D eigenvalue weighted by Crippen LogP contribution is -2.63. The van der Waals surface area contributed by atoms with Crippen LogP contribution in [0.4, 0.5) is 4.79 Å². The van der Waals surface area contributed by atoms with Gasteiger partial charge in [0.2, 0.25) is 0 Å². The number of carbonyl (C=O) groups excluding carboxylic acids is 2. The van der Waals surface area contributed by atoms with Crippen molar-refractivity contribution in [1.82, 2.24) is 9.80 Å². The number of esters is 2. The van der Waals surface area contributed by atoms with Crippen LogP contribution in [-0.2, 0) is 23.8 Å². The molecule has 1 amide bonds. The Kier molecular flexibility index (Phi) is 15.3. The number of allylic oxidation sites excluding steroid dienone is 1. The number of hydrogen-bond acceptors (Lipinski definition) is 11. The SMILES string of the molecule is CC[C@H](O)[C@@H](C)[C@H]1O[C@@H]1C[C@@](C)(O)/C=C/C[C@H](C)C1OC(=O)CC(O)CCC(C)(C2CN(CCO)CCN2C(=O)O)C(OC(C)=O)C=CC1C. The van der Waals surface area contributed by atoms with Crippen molar-refractivity contribution >= 4 is 18.0 Å². The van der Waals surface area contributed by atoms with Crippen molar-refractivity contribution in [2.75, 3.05) is 32.8 Å². The van der Waals surface area contributed by atoms with Crippen LogP contribution in [0.5, 0.6) is 0 Å². The Morgan fingerprint density at radius 1 is 1.22 bits per heavy atom. The second kappa shape index (κ2) is 18.3. The number of epoxide rings is 1. The normalized spacial score (nSPS) is 34.5. The molecule has 3 aliphatic rings. The number of rotatable bonds is 13. The molecule has 2 fully saturated rings. The summed E-state index contributed by atoms with van der Waals surface area (Å²) >= 11 is 0. The number of ether oxygens (including phenoxy) is 3. The van der Waals surface area contributed by atoms with Crippen LogP contribution in [0.25, 0.3) is 0 Å². The van der Waals surface area contributed by atoms with Crippen molar-refractivity contribution < 1.29 is 54.1 Å². The van der Waals surface area contributed by atoms with Gasteiger partial charge >= 0.3 is 18.0 Å². The van der Waals surface area contributed by atoms with Gasteiger partial charge in [0.1, 0.15) is 12.2 Å². The number of cyclic esters (lactones) is 1. The van der Waals surface area contributed by atoms with Crippen LogP contribution < -0.4 is 0 Å². The predicted octanol–water partition coefficient (Wildman–Crippen LogP) is 3.13. The van der Waals surface area contributed by atoms with Crippen LogP contribution in [0.15, 0.2) is 24.3 Å². The Morgan fingerprint density at radius 2 is 1.92 bits per heavy atom. The highest BCUT2D eigenvalue weighted by molar-refractivity contribution is 5.70. The fourth-order valence-electron chi connectivity index (χ4n) is 7.67. The zero-order valence-electron chi connectivity index (χ0n) is 30.9. The highest BCUT2D eigenvalue weighted by atomic mass is 16.6. The molecule has 0 radical (unpaired) electrons. The first-order chi connectivity index (χ1) is 23.4. The molecule has 5 N–H and O–H groups in total. The fraction of sp³-hybridized carbons (Fsp3) is 0.811. The van der Waals surface area contributed by atoms with Crippen LogP contribution in [0.2, 0.25) is 0 Å². The highest BCUT2D eigenvalue weighted by Gasteiger charge is 2.49. The molecule has 3 aliphatic heterocycles. The van der Waals surface area contributed by atoms with E-state index in [9.17, 15) is 39.9 Å². The lowest BCUT2D eigenvalue weighted by molar-refractivity contribution is -0.157. The first-order valence-corrected chi connectivity index (χ1v) is 18.2. The Morgan fingerprint density at radius 3 is 2.54 bits per heavy atom. The first kappa shape index (κ1) is 41.9. The zero-order chi connectivity index (χ0) is 37.4. The van der Waals surface area contributed by atoms with Crippen molar-refractivity contribution in [3.63, 3.8) is 0 Å². The van der Waals surface area contributed by atoms with Gasteiger partial charge in [-0.2, -0.15) is 0 Å². The van der Waals surface area contributed by atoms with Crippen molar-refractivity contribution in [1.29, 1.82) is 0 Å². The topological polar surface area (TPSA) is 190 Å². The van der Waals surface area contributed by atoms with Gasteiger partial charge in [-0.1, -0.05) is 52.8 Å². The average Bonchev–Trinajstić information content (AvgIpc) is 3.80. The standard InChI is InChI=1S/C37H62N2O11/c1-8-28(43)25(4)34-29(49-34)21-36(6,47)14-9-10-23(2)33-24(3)11-12-31(48-26(5)41)37(7,15-13-27(42)20-32(44)50-33)30-22-38(18-19-40)16-17-39(30)35(45)46/h9,11-12,14,23-25,27-31,33-34,40,42-43,47H,8,10,13,15-22H2,1-7H3,(H,45,46)/b12-11?,14-9+/t23-,24?,25+,27?,28-,29+,30?,31?,33?,34+,36-,37?/m0/s1. The lowest BCUT2D eigenvalue weighted by atomic mass is 9.70. The predicted molar refractivity (Wildman–Crippen MR) is 186 cm³/mol. The lowest BCUT2D eigenvalue weighted by Gasteiger charge is -2.51. The minimum Gasteiger partial charge on any atom is -0.465 e. The minimum atomic E-state index is -1.15. The van der Waals surface area contributed by atoms with E-state index in [1.807, 2.05) is 51.7 Å². The van der Waals surface area contributed by atoms with Gasteiger partial charge in [-0.05, 0) is 44.6 Å². The molecule has 0 aliphatic carbocycles. The summed E-state index contributed by atoms with van der Waals surface area (Å²) in [6.07, 6.45) is 4.43. The first-order valence-electron chi connectivity index (χ1n) is 18.2. The van der Waals surface area contributed by atoms with Crippen LogP contribution >= 0.6 is 0 Å². The van der Waals surface area contributed by atoms with E-state index in [4.69, 9.17) is 14.2 Å². The third kappa shape index (κ3) is 11.5. The molecule has 0 saturated carbocycles. The summed E-state index contributed by atoms with van der Waals surface area (Å²) < 4.78 is 17.6. The molecule has 3 heterocycles. The zero-order valence-corrected chi connectivity index (χ0v) is 30.9. The van der Waals surface area contributed by atoms with Gasteiger partial charge in [0.05, 0.1) is 49.1 Å². The molecule has 0 aromatic carbocycles. The Labute approximate surface area is 297 Å². The van der Waals surface area contributed by atoms with E-state index in [1.54, 1.807) is 19.1 Å². The van der Waals surface area contributed by atoms with E-state index in [-0.39, 0.29) is 62.4 Å². The molecule has 0 spiro atoms. The van der Waals surface area contributed by atoms with Crippen molar-refractivity contribution in [3.8, 4) is 0 Å². The summed E-state index contributed by atoms with van der Waals surface area (Å²) in [6.45, 7) is 13.8. The van der Waals surface area contributed by atoms with E-state index in [1.165, 1.54) is 11.8 Å². The molecule has 3 rings (SSSR count). The van der Waals surface area contributed by atoms with Gasteiger partial charge in [-0.3, -0.25) is 14.5 Å². The number of hydrogen-bond donors (Lipinski definition) is 5. The van der Waals surface area contributed by atoms with Crippen LogP contribution in [-0.4, -0.2) is 134 Å². The third-order valence-electron chi connectivity index (χ3n) is 10.9. The number of aliphatic hydroxyl groups is 4. The molecule has 0 bridgehead atoms. The molecular weight excluding hydrogens is 648 g/mol. The summed E-state index contributed by atoms with van der Waals surface area (Å²) in [7, 11) is 0.